The van der Waals surface area contributed by atoms with Crippen LogP contribution in [0.1, 0.15) is 11.5 Å². The summed E-state index contributed by atoms with van der Waals surface area (Å²) < 4.78 is 5.34. The summed E-state index contributed by atoms with van der Waals surface area (Å²) in [4.78, 5) is 12.0. The number of aromatic amines is 1. The predicted octanol–water partition coefficient (Wildman–Crippen LogP) is 4.44. The first-order valence-corrected chi connectivity index (χ1v) is 10.2. The lowest BCUT2D eigenvalue weighted by Gasteiger charge is -2.10. The number of para-hydroxylation sites is 1. The Morgan fingerprint density at radius 1 is 1.06 bits per heavy atom. The molecule has 2 heterocycles. The van der Waals surface area contributed by atoms with E-state index in [1.54, 1.807) is 19.2 Å². The molecule has 2 aromatic heterocycles. The van der Waals surface area contributed by atoms with Crippen LogP contribution in [0.3, 0.4) is 0 Å². The summed E-state index contributed by atoms with van der Waals surface area (Å²) in [6, 6.07) is 15.7. The standard InChI is InChI=1S/C22H23ClN6O.HI/c1-24-22(25-12-10-16-14-27-19-5-3-2-4-18(16)19)26-13-11-20-28-21(29-30-20)15-6-8-17(23)9-7-15;/h2-9,14,27H,10-13H2,1H3,(H2,24,25,26);1H. The number of benzene rings is 2. The van der Waals surface area contributed by atoms with Gasteiger partial charge in [0, 0.05) is 54.2 Å². The molecule has 0 atom stereocenters. The van der Waals surface area contributed by atoms with Crippen LogP contribution in [0.2, 0.25) is 5.02 Å². The molecule has 31 heavy (non-hydrogen) atoms. The van der Waals surface area contributed by atoms with Gasteiger partial charge in [0.15, 0.2) is 5.96 Å². The molecule has 7 nitrogen and oxygen atoms in total. The van der Waals surface area contributed by atoms with Crippen LogP contribution in [0.15, 0.2) is 64.2 Å². The van der Waals surface area contributed by atoms with Crippen molar-refractivity contribution in [3.05, 3.63) is 71.2 Å². The maximum Gasteiger partial charge on any atom is 0.228 e. The normalized spacial score (nSPS) is 11.4. The molecule has 0 aliphatic carbocycles. The number of rotatable bonds is 7. The predicted molar refractivity (Wildman–Crippen MR) is 135 cm³/mol. The molecule has 162 valence electrons. The maximum atomic E-state index is 5.92. The zero-order chi connectivity index (χ0) is 20.8. The number of aromatic nitrogens is 3. The highest BCUT2D eigenvalue weighted by Crippen LogP contribution is 2.19. The van der Waals surface area contributed by atoms with Crippen LogP contribution in [0.25, 0.3) is 22.3 Å². The molecule has 0 aliphatic heterocycles. The number of nitrogens with zero attached hydrogens (tertiary/aromatic N) is 3. The Labute approximate surface area is 202 Å². The Morgan fingerprint density at radius 2 is 1.81 bits per heavy atom. The SMILES string of the molecule is CN=C(NCCc1nc(-c2ccc(Cl)cc2)no1)NCCc1c[nH]c2ccccc12.I. The summed E-state index contributed by atoms with van der Waals surface area (Å²) in [7, 11) is 1.76. The fourth-order valence-electron chi connectivity index (χ4n) is 3.24. The van der Waals surface area contributed by atoms with Gasteiger partial charge in [0.1, 0.15) is 0 Å². The molecule has 4 aromatic rings. The number of hydrogen-bond donors (Lipinski definition) is 3. The van der Waals surface area contributed by atoms with Gasteiger partial charge in [0.05, 0.1) is 0 Å². The summed E-state index contributed by atoms with van der Waals surface area (Å²) in [5, 5.41) is 12.6. The highest BCUT2D eigenvalue weighted by atomic mass is 127. The van der Waals surface area contributed by atoms with Crippen molar-refractivity contribution in [1.82, 2.24) is 25.8 Å². The van der Waals surface area contributed by atoms with Crippen LogP contribution in [0.4, 0.5) is 0 Å². The van der Waals surface area contributed by atoms with Crippen molar-refractivity contribution in [2.45, 2.75) is 12.8 Å². The highest BCUT2D eigenvalue weighted by Gasteiger charge is 2.09. The number of guanidine groups is 1. The Kier molecular flexibility index (Phi) is 8.30. The minimum atomic E-state index is 0. The van der Waals surface area contributed by atoms with Gasteiger partial charge in [-0.25, -0.2) is 0 Å². The van der Waals surface area contributed by atoms with Gasteiger partial charge in [-0.2, -0.15) is 4.98 Å². The first kappa shape index (κ1) is 23.1. The van der Waals surface area contributed by atoms with Gasteiger partial charge in [0.25, 0.3) is 0 Å². The van der Waals surface area contributed by atoms with E-state index in [0.717, 1.165) is 30.0 Å². The van der Waals surface area contributed by atoms with Crippen molar-refractivity contribution in [3.8, 4) is 11.4 Å². The number of H-pyrrole nitrogens is 1. The van der Waals surface area contributed by atoms with Crippen LogP contribution in [-0.4, -0.2) is 41.2 Å². The topological polar surface area (TPSA) is 91.1 Å². The largest absolute Gasteiger partial charge is 0.361 e. The Bertz CT molecular complexity index is 1140. The smallest absolute Gasteiger partial charge is 0.228 e. The van der Waals surface area contributed by atoms with Gasteiger partial charge in [-0.15, -0.1) is 24.0 Å². The Balaban J connectivity index is 0.00000272. The average Bonchev–Trinajstić information content (AvgIpc) is 3.41. The number of hydrogen-bond acceptors (Lipinski definition) is 4. The van der Waals surface area contributed by atoms with Crippen molar-refractivity contribution < 1.29 is 4.52 Å². The Morgan fingerprint density at radius 3 is 2.58 bits per heavy atom. The monoisotopic (exact) mass is 550 g/mol. The summed E-state index contributed by atoms with van der Waals surface area (Å²) in [5.74, 6) is 1.87. The molecular formula is C22H24ClIN6O. The Hall–Kier alpha value is -2.59. The minimum Gasteiger partial charge on any atom is -0.361 e. The van der Waals surface area contributed by atoms with Gasteiger partial charge in [0.2, 0.25) is 11.7 Å². The molecule has 2 aromatic carbocycles. The van der Waals surface area contributed by atoms with Crippen LogP contribution in [0.5, 0.6) is 0 Å². The second-order valence-corrected chi connectivity index (χ2v) is 7.24. The number of fused-ring (bicyclic) bond motifs is 1. The molecule has 0 spiro atoms. The summed E-state index contributed by atoms with van der Waals surface area (Å²) in [5.41, 5.74) is 3.32. The van der Waals surface area contributed by atoms with Crippen molar-refractivity contribution in [3.63, 3.8) is 0 Å². The second kappa shape index (κ2) is 11.1. The van der Waals surface area contributed by atoms with Gasteiger partial charge < -0.3 is 20.1 Å². The molecular weight excluding hydrogens is 527 g/mol. The van der Waals surface area contributed by atoms with E-state index < -0.39 is 0 Å². The van der Waals surface area contributed by atoms with E-state index in [1.165, 1.54) is 10.9 Å². The summed E-state index contributed by atoms with van der Waals surface area (Å²) >= 11 is 5.92. The van der Waals surface area contributed by atoms with E-state index in [4.69, 9.17) is 16.1 Å². The minimum absolute atomic E-state index is 0. The average molecular weight is 551 g/mol. The highest BCUT2D eigenvalue weighted by molar-refractivity contribution is 14.0. The van der Waals surface area contributed by atoms with Crippen LogP contribution >= 0.6 is 35.6 Å². The molecule has 0 saturated carbocycles. The molecule has 0 saturated heterocycles. The van der Waals surface area contributed by atoms with Crippen LogP contribution in [0, 0.1) is 0 Å². The lowest BCUT2D eigenvalue weighted by atomic mass is 10.1. The van der Waals surface area contributed by atoms with Gasteiger partial charge in [-0.05, 0) is 42.3 Å². The third kappa shape index (κ3) is 5.98. The number of halogens is 2. The number of nitrogens with one attached hydrogen (secondary N) is 3. The van der Waals surface area contributed by atoms with E-state index in [0.29, 0.717) is 29.7 Å². The molecule has 4 rings (SSSR count). The molecule has 3 N–H and O–H groups in total. The first-order chi connectivity index (χ1) is 14.7. The molecule has 0 radical (unpaired) electrons. The lowest BCUT2D eigenvalue weighted by molar-refractivity contribution is 0.378. The summed E-state index contributed by atoms with van der Waals surface area (Å²) in [6.45, 7) is 1.41. The van der Waals surface area contributed by atoms with E-state index in [1.807, 2.05) is 18.2 Å². The van der Waals surface area contributed by atoms with E-state index in [-0.39, 0.29) is 24.0 Å². The molecule has 0 aliphatic rings. The zero-order valence-corrected chi connectivity index (χ0v) is 20.1. The molecule has 0 bridgehead atoms. The second-order valence-electron chi connectivity index (χ2n) is 6.80. The summed E-state index contributed by atoms with van der Waals surface area (Å²) in [6.07, 6.45) is 3.57. The fraction of sp³-hybridized carbons (Fsp3) is 0.227. The molecule has 0 amide bonds. The number of aliphatic imine (C=N–C) groups is 1. The van der Waals surface area contributed by atoms with Gasteiger partial charge >= 0.3 is 0 Å². The molecule has 9 heteroatoms. The van der Waals surface area contributed by atoms with Crippen molar-refractivity contribution in [2.75, 3.05) is 20.1 Å². The van der Waals surface area contributed by atoms with Crippen molar-refractivity contribution >= 4 is 52.4 Å². The third-order valence-electron chi connectivity index (χ3n) is 4.79. The fourth-order valence-corrected chi connectivity index (χ4v) is 3.36. The van der Waals surface area contributed by atoms with E-state index >= 15 is 0 Å². The maximum absolute atomic E-state index is 5.92. The molecule has 0 fully saturated rings. The van der Waals surface area contributed by atoms with Gasteiger partial charge in [-0.1, -0.05) is 35.0 Å². The third-order valence-corrected chi connectivity index (χ3v) is 5.04. The molecule has 0 unspecified atom stereocenters. The van der Waals surface area contributed by atoms with Crippen molar-refractivity contribution in [1.29, 1.82) is 0 Å². The van der Waals surface area contributed by atoms with Gasteiger partial charge in [-0.3, -0.25) is 4.99 Å². The quantitative estimate of drug-likeness (QED) is 0.180. The van der Waals surface area contributed by atoms with E-state index in [2.05, 4.69) is 55.1 Å². The van der Waals surface area contributed by atoms with Crippen LogP contribution < -0.4 is 10.6 Å². The lowest BCUT2D eigenvalue weighted by Crippen LogP contribution is -2.39. The first-order valence-electron chi connectivity index (χ1n) is 9.81. The van der Waals surface area contributed by atoms with E-state index in [9.17, 15) is 0 Å². The zero-order valence-electron chi connectivity index (χ0n) is 17.1. The van der Waals surface area contributed by atoms with Crippen molar-refractivity contribution in [2.24, 2.45) is 4.99 Å². The van der Waals surface area contributed by atoms with Crippen LogP contribution in [-0.2, 0) is 12.8 Å².